The summed E-state index contributed by atoms with van der Waals surface area (Å²) in [7, 11) is -1.17. The van der Waals surface area contributed by atoms with Crippen molar-refractivity contribution in [3.05, 3.63) is 47.4 Å². The number of hydrogen-bond donors (Lipinski definition) is 1. The first-order valence-corrected chi connectivity index (χ1v) is 9.92. The molecule has 134 valence electrons. The zero-order chi connectivity index (χ0) is 18.0. The Labute approximate surface area is 147 Å². The molecule has 0 aliphatic carbocycles. The van der Waals surface area contributed by atoms with Crippen LogP contribution < -0.4 is 10.2 Å². The average molecular weight is 364 g/mol. The van der Waals surface area contributed by atoms with Gasteiger partial charge in [-0.15, -0.1) is 0 Å². The summed E-state index contributed by atoms with van der Waals surface area (Å²) in [6.45, 7) is 2.16. The van der Waals surface area contributed by atoms with E-state index in [0.717, 1.165) is 5.69 Å². The van der Waals surface area contributed by atoms with E-state index in [1.807, 2.05) is 11.8 Å². The second-order valence-corrected chi connectivity index (χ2v) is 8.54. The Morgan fingerprint density at radius 2 is 2.08 bits per heavy atom. The number of hydrogen-bond acceptors (Lipinski definition) is 6. The molecule has 1 fully saturated rings. The molecular weight excluding hydrogens is 343 g/mol. The Hall–Kier alpha value is -2.22. The van der Waals surface area contributed by atoms with E-state index in [1.54, 1.807) is 31.3 Å². The summed E-state index contributed by atoms with van der Waals surface area (Å²) in [6, 6.07) is 8.23. The molecule has 8 heteroatoms. The van der Waals surface area contributed by atoms with Crippen molar-refractivity contribution in [2.75, 3.05) is 28.8 Å². The van der Waals surface area contributed by atoms with Crippen molar-refractivity contribution in [3.8, 4) is 0 Å². The molecule has 1 unspecified atom stereocenters. The standard InChI is InChI=1S/C17H21FN4O2S/c1-12-9-16(19-10-13-5-3-4-6-15(13)18)21-17(20-12)22(2)14-7-8-25(23,24)11-14/h3-6,9,14H,7-8,10-11H2,1-2H3,(H,19,20,21). The molecule has 1 aliphatic heterocycles. The minimum absolute atomic E-state index is 0.119. The first-order chi connectivity index (χ1) is 11.8. The smallest absolute Gasteiger partial charge is 0.227 e. The van der Waals surface area contributed by atoms with Gasteiger partial charge in [-0.3, -0.25) is 0 Å². The van der Waals surface area contributed by atoms with E-state index < -0.39 is 9.84 Å². The molecule has 3 rings (SSSR count). The van der Waals surface area contributed by atoms with Crippen molar-refractivity contribution in [1.82, 2.24) is 9.97 Å². The van der Waals surface area contributed by atoms with Gasteiger partial charge in [-0.2, -0.15) is 4.98 Å². The van der Waals surface area contributed by atoms with Gasteiger partial charge in [-0.05, 0) is 19.4 Å². The molecular formula is C17H21FN4O2S. The first kappa shape index (κ1) is 17.6. The number of aromatic nitrogens is 2. The highest BCUT2D eigenvalue weighted by molar-refractivity contribution is 7.91. The summed E-state index contributed by atoms with van der Waals surface area (Å²) in [5, 5.41) is 3.11. The summed E-state index contributed by atoms with van der Waals surface area (Å²) >= 11 is 0. The van der Waals surface area contributed by atoms with E-state index in [4.69, 9.17) is 0 Å². The van der Waals surface area contributed by atoms with E-state index in [1.165, 1.54) is 6.07 Å². The van der Waals surface area contributed by atoms with E-state index in [9.17, 15) is 12.8 Å². The molecule has 0 spiro atoms. The Balaban J connectivity index is 1.75. The van der Waals surface area contributed by atoms with Crippen LogP contribution in [0.4, 0.5) is 16.2 Å². The van der Waals surface area contributed by atoms with E-state index in [0.29, 0.717) is 30.3 Å². The average Bonchev–Trinajstić information content (AvgIpc) is 2.93. The van der Waals surface area contributed by atoms with Gasteiger partial charge in [0.2, 0.25) is 5.95 Å². The fraction of sp³-hybridized carbons (Fsp3) is 0.412. The maximum absolute atomic E-state index is 13.7. The second kappa shape index (κ2) is 6.95. The molecule has 1 N–H and O–H groups in total. The van der Waals surface area contributed by atoms with E-state index in [-0.39, 0.29) is 23.4 Å². The number of nitrogens with zero attached hydrogens (tertiary/aromatic N) is 3. The van der Waals surface area contributed by atoms with Crippen molar-refractivity contribution in [2.45, 2.75) is 25.9 Å². The van der Waals surface area contributed by atoms with Gasteiger partial charge in [0.05, 0.1) is 11.5 Å². The van der Waals surface area contributed by atoms with Crippen LogP contribution in [0.15, 0.2) is 30.3 Å². The van der Waals surface area contributed by atoms with Gasteiger partial charge < -0.3 is 10.2 Å². The highest BCUT2D eigenvalue weighted by Crippen LogP contribution is 2.22. The van der Waals surface area contributed by atoms with E-state index in [2.05, 4.69) is 15.3 Å². The number of nitrogens with one attached hydrogen (secondary N) is 1. The molecule has 1 aliphatic rings. The fourth-order valence-corrected chi connectivity index (χ4v) is 4.65. The lowest BCUT2D eigenvalue weighted by Gasteiger charge is -2.24. The van der Waals surface area contributed by atoms with Crippen LogP contribution in [0.2, 0.25) is 0 Å². The van der Waals surface area contributed by atoms with E-state index >= 15 is 0 Å². The molecule has 0 saturated carbocycles. The predicted octanol–water partition coefficient (Wildman–Crippen LogP) is 2.16. The maximum Gasteiger partial charge on any atom is 0.227 e. The van der Waals surface area contributed by atoms with Crippen LogP contribution in [-0.2, 0) is 16.4 Å². The normalized spacial score (nSPS) is 18.9. The molecule has 0 radical (unpaired) electrons. The molecule has 1 saturated heterocycles. The fourth-order valence-electron chi connectivity index (χ4n) is 2.87. The number of rotatable bonds is 5. The first-order valence-electron chi connectivity index (χ1n) is 8.10. The van der Waals surface area contributed by atoms with Gasteiger partial charge in [0, 0.05) is 37.0 Å². The van der Waals surface area contributed by atoms with Crippen molar-refractivity contribution in [1.29, 1.82) is 0 Å². The summed E-state index contributed by atoms with van der Waals surface area (Å²) in [4.78, 5) is 10.7. The van der Waals surface area contributed by atoms with Crippen molar-refractivity contribution < 1.29 is 12.8 Å². The summed E-state index contributed by atoms with van der Waals surface area (Å²) in [5.41, 5.74) is 1.31. The predicted molar refractivity (Wildman–Crippen MR) is 96.0 cm³/mol. The third-order valence-electron chi connectivity index (χ3n) is 4.33. The van der Waals surface area contributed by atoms with Crippen LogP contribution in [0, 0.1) is 12.7 Å². The van der Waals surface area contributed by atoms with Gasteiger partial charge in [0.1, 0.15) is 11.6 Å². The summed E-state index contributed by atoms with van der Waals surface area (Å²) in [5.74, 6) is 1.11. The highest BCUT2D eigenvalue weighted by atomic mass is 32.2. The molecule has 25 heavy (non-hydrogen) atoms. The lowest BCUT2D eigenvalue weighted by molar-refractivity contribution is 0.600. The minimum Gasteiger partial charge on any atom is -0.366 e. The Bertz CT molecular complexity index is 873. The third kappa shape index (κ3) is 4.25. The lowest BCUT2D eigenvalue weighted by Crippen LogP contribution is -2.34. The molecule has 2 heterocycles. The topological polar surface area (TPSA) is 75.2 Å². The molecule has 0 amide bonds. The molecule has 6 nitrogen and oxygen atoms in total. The highest BCUT2D eigenvalue weighted by Gasteiger charge is 2.31. The number of anilines is 2. The second-order valence-electron chi connectivity index (χ2n) is 6.31. The molecule has 1 aromatic heterocycles. The number of sulfone groups is 1. The zero-order valence-electron chi connectivity index (χ0n) is 14.2. The van der Waals surface area contributed by atoms with Gasteiger partial charge in [0.25, 0.3) is 0 Å². The molecule has 1 atom stereocenters. The Morgan fingerprint density at radius 3 is 2.76 bits per heavy atom. The van der Waals surface area contributed by atoms with Crippen LogP contribution >= 0.6 is 0 Å². The van der Waals surface area contributed by atoms with Crippen molar-refractivity contribution in [2.24, 2.45) is 0 Å². The van der Waals surface area contributed by atoms with Gasteiger partial charge in [-0.25, -0.2) is 17.8 Å². The quantitative estimate of drug-likeness (QED) is 0.876. The number of aryl methyl sites for hydroxylation is 1. The minimum atomic E-state index is -2.97. The van der Waals surface area contributed by atoms with Crippen LogP contribution in [0.1, 0.15) is 17.7 Å². The van der Waals surface area contributed by atoms with Gasteiger partial charge in [0.15, 0.2) is 9.84 Å². The zero-order valence-corrected chi connectivity index (χ0v) is 15.1. The summed E-state index contributed by atoms with van der Waals surface area (Å²) < 4.78 is 37.1. The Kier molecular flexibility index (Phi) is 4.89. The van der Waals surface area contributed by atoms with Crippen molar-refractivity contribution in [3.63, 3.8) is 0 Å². The number of halogens is 1. The number of benzene rings is 1. The van der Waals surface area contributed by atoms with Crippen LogP contribution in [-0.4, -0.2) is 43.0 Å². The Morgan fingerprint density at radius 1 is 1.32 bits per heavy atom. The lowest BCUT2D eigenvalue weighted by atomic mass is 10.2. The molecule has 2 aromatic rings. The van der Waals surface area contributed by atoms with Crippen LogP contribution in [0.5, 0.6) is 0 Å². The third-order valence-corrected chi connectivity index (χ3v) is 6.08. The van der Waals surface area contributed by atoms with Crippen molar-refractivity contribution >= 4 is 21.6 Å². The summed E-state index contributed by atoms with van der Waals surface area (Å²) in [6.07, 6.45) is 0.578. The molecule has 1 aromatic carbocycles. The van der Waals surface area contributed by atoms with Gasteiger partial charge >= 0.3 is 0 Å². The molecule has 0 bridgehead atoms. The van der Waals surface area contributed by atoms with Crippen LogP contribution in [0.3, 0.4) is 0 Å². The largest absolute Gasteiger partial charge is 0.366 e. The maximum atomic E-state index is 13.7. The van der Waals surface area contributed by atoms with Crippen LogP contribution in [0.25, 0.3) is 0 Å². The SMILES string of the molecule is Cc1cc(NCc2ccccc2F)nc(N(C)C2CCS(=O)(=O)C2)n1. The monoisotopic (exact) mass is 364 g/mol. The van der Waals surface area contributed by atoms with Gasteiger partial charge in [-0.1, -0.05) is 18.2 Å².